The number of amides is 1. The first kappa shape index (κ1) is 13.1. The quantitative estimate of drug-likeness (QED) is 0.922. The summed E-state index contributed by atoms with van der Waals surface area (Å²) in [5, 5.41) is 6.50. The molecule has 1 amide bonds. The predicted octanol–water partition coefficient (Wildman–Crippen LogP) is 2.17. The lowest BCUT2D eigenvalue weighted by atomic mass is 9.78. The van der Waals surface area contributed by atoms with Crippen molar-refractivity contribution in [3.63, 3.8) is 0 Å². The van der Waals surface area contributed by atoms with E-state index < -0.39 is 0 Å². The summed E-state index contributed by atoms with van der Waals surface area (Å²) in [6, 6.07) is 0.455. The average Bonchev–Trinajstić information content (AvgIpc) is 3.01. The van der Waals surface area contributed by atoms with Gasteiger partial charge in [-0.3, -0.25) is 9.69 Å². The van der Waals surface area contributed by atoms with Gasteiger partial charge in [0.1, 0.15) is 5.01 Å². The van der Waals surface area contributed by atoms with E-state index in [2.05, 4.69) is 22.1 Å². The van der Waals surface area contributed by atoms with Crippen LogP contribution in [0.1, 0.15) is 44.0 Å². The minimum atomic E-state index is 0.0291. The minimum absolute atomic E-state index is 0.0291. The van der Waals surface area contributed by atoms with Crippen LogP contribution in [0.3, 0.4) is 0 Å². The van der Waals surface area contributed by atoms with E-state index in [0.29, 0.717) is 12.5 Å². The number of carbonyl (C=O) groups excluding carboxylic acids is 1. The van der Waals surface area contributed by atoms with Crippen molar-refractivity contribution in [3.05, 3.63) is 16.6 Å². The first-order chi connectivity index (χ1) is 9.23. The van der Waals surface area contributed by atoms with E-state index >= 15 is 0 Å². The summed E-state index contributed by atoms with van der Waals surface area (Å²) in [4.78, 5) is 18.6. The molecule has 0 aromatic carbocycles. The third kappa shape index (κ3) is 2.41. The number of nitrogens with one attached hydrogen (secondary N) is 1. The van der Waals surface area contributed by atoms with Gasteiger partial charge in [-0.15, -0.1) is 11.3 Å². The zero-order valence-corrected chi connectivity index (χ0v) is 12.2. The van der Waals surface area contributed by atoms with Gasteiger partial charge in [-0.05, 0) is 32.2 Å². The summed E-state index contributed by atoms with van der Waals surface area (Å²) in [6.07, 6.45) is 6.96. The van der Waals surface area contributed by atoms with Gasteiger partial charge >= 0.3 is 0 Å². The first-order valence-corrected chi connectivity index (χ1v) is 8.05. The van der Waals surface area contributed by atoms with Crippen LogP contribution in [0.5, 0.6) is 0 Å². The number of piperidine rings is 1. The van der Waals surface area contributed by atoms with Gasteiger partial charge < -0.3 is 5.32 Å². The Bertz CT molecular complexity index is 448. The Kier molecular flexibility index (Phi) is 3.58. The minimum Gasteiger partial charge on any atom is -0.349 e. The Labute approximate surface area is 118 Å². The second-order valence-corrected chi connectivity index (χ2v) is 6.61. The second kappa shape index (κ2) is 5.21. The van der Waals surface area contributed by atoms with Crippen LogP contribution in [0.2, 0.25) is 0 Å². The second-order valence-electron chi connectivity index (χ2n) is 5.63. The predicted molar refractivity (Wildman–Crippen MR) is 75.9 cm³/mol. The first-order valence-electron chi connectivity index (χ1n) is 7.17. The summed E-state index contributed by atoms with van der Waals surface area (Å²) in [6.45, 7) is 4.28. The van der Waals surface area contributed by atoms with Crippen molar-refractivity contribution in [1.82, 2.24) is 15.2 Å². The Hall–Kier alpha value is -0.940. The monoisotopic (exact) mass is 279 g/mol. The highest BCUT2D eigenvalue weighted by molar-refractivity contribution is 7.09. The van der Waals surface area contributed by atoms with E-state index in [1.165, 1.54) is 11.4 Å². The molecule has 104 valence electrons. The largest absolute Gasteiger partial charge is 0.349 e. The van der Waals surface area contributed by atoms with E-state index in [-0.39, 0.29) is 11.4 Å². The molecule has 1 aromatic rings. The van der Waals surface area contributed by atoms with Gasteiger partial charge in [0, 0.05) is 24.0 Å². The van der Waals surface area contributed by atoms with Gasteiger partial charge in [0.2, 0.25) is 5.91 Å². The number of nitrogens with zero attached hydrogens (tertiary/aromatic N) is 2. The van der Waals surface area contributed by atoms with Gasteiger partial charge in [-0.2, -0.15) is 0 Å². The smallest absolute Gasteiger partial charge is 0.220 e. The molecule has 0 saturated carbocycles. The molecule has 2 atom stereocenters. The van der Waals surface area contributed by atoms with Crippen molar-refractivity contribution in [3.8, 4) is 0 Å². The average molecular weight is 279 g/mol. The van der Waals surface area contributed by atoms with Crippen molar-refractivity contribution in [2.45, 2.75) is 57.2 Å². The Morgan fingerprint density at radius 1 is 1.58 bits per heavy atom. The van der Waals surface area contributed by atoms with Crippen molar-refractivity contribution in [2.24, 2.45) is 0 Å². The molecule has 2 fully saturated rings. The van der Waals surface area contributed by atoms with Gasteiger partial charge in [-0.1, -0.05) is 6.92 Å². The van der Waals surface area contributed by atoms with Gasteiger partial charge in [-0.25, -0.2) is 4.98 Å². The molecule has 5 heteroatoms. The van der Waals surface area contributed by atoms with Crippen LogP contribution in [0.4, 0.5) is 0 Å². The molecule has 2 aliphatic heterocycles. The van der Waals surface area contributed by atoms with Crippen LogP contribution in [-0.2, 0) is 11.3 Å². The maximum absolute atomic E-state index is 11.7. The Morgan fingerprint density at radius 2 is 2.47 bits per heavy atom. The Morgan fingerprint density at radius 3 is 3.11 bits per heavy atom. The van der Waals surface area contributed by atoms with Gasteiger partial charge in [0.25, 0.3) is 0 Å². The van der Waals surface area contributed by atoms with Crippen LogP contribution in [0.15, 0.2) is 11.6 Å². The molecule has 3 rings (SSSR count). The van der Waals surface area contributed by atoms with Crippen LogP contribution in [0.25, 0.3) is 0 Å². The molecule has 0 radical (unpaired) electrons. The number of carbonyl (C=O) groups is 1. The normalized spacial score (nSPS) is 31.8. The molecule has 2 aliphatic rings. The summed E-state index contributed by atoms with van der Waals surface area (Å²) in [5.41, 5.74) is 0.0291. The van der Waals surface area contributed by atoms with Gasteiger partial charge in [0.15, 0.2) is 0 Å². The van der Waals surface area contributed by atoms with E-state index in [9.17, 15) is 4.79 Å². The van der Waals surface area contributed by atoms with E-state index in [1.54, 1.807) is 11.3 Å². The number of likely N-dealkylation sites (tertiary alicyclic amines) is 1. The molecule has 0 bridgehead atoms. The van der Waals surface area contributed by atoms with Crippen molar-refractivity contribution in [1.29, 1.82) is 0 Å². The van der Waals surface area contributed by atoms with Crippen molar-refractivity contribution >= 4 is 17.2 Å². The molecular weight excluding hydrogens is 258 g/mol. The molecule has 1 aromatic heterocycles. The SMILES string of the molecule is CC[C@@H]1N(Cc2nccs2)CCC[C@]12CCC(=O)N2. The third-order valence-electron chi connectivity index (χ3n) is 4.54. The molecule has 2 saturated heterocycles. The molecular formula is C14H21N3OS. The molecule has 1 N–H and O–H groups in total. The van der Waals surface area contributed by atoms with Crippen LogP contribution >= 0.6 is 11.3 Å². The summed E-state index contributed by atoms with van der Waals surface area (Å²) >= 11 is 1.72. The maximum atomic E-state index is 11.7. The molecule has 19 heavy (non-hydrogen) atoms. The lowest BCUT2D eigenvalue weighted by Crippen LogP contribution is -2.61. The fourth-order valence-corrected chi connectivity index (χ4v) is 4.43. The molecule has 1 spiro atoms. The number of rotatable bonds is 3. The topological polar surface area (TPSA) is 45.2 Å². The molecule has 0 aliphatic carbocycles. The highest BCUT2D eigenvalue weighted by atomic mass is 32.1. The van der Waals surface area contributed by atoms with E-state index in [0.717, 1.165) is 32.4 Å². The van der Waals surface area contributed by atoms with E-state index in [1.807, 2.05) is 11.6 Å². The van der Waals surface area contributed by atoms with Crippen LogP contribution in [-0.4, -0.2) is 33.9 Å². The lowest BCUT2D eigenvalue weighted by molar-refractivity contribution is -0.120. The molecule has 3 heterocycles. The number of hydrogen-bond acceptors (Lipinski definition) is 4. The lowest BCUT2D eigenvalue weighted by Gasteiger charge is -2.47. The number of hydrogen-bond donors (Lipinski definition) is 1. The number of aromatic nitrogens is 1. The molecule has 4 nitrogen and oxygen atoms in total. The van der Waals surface area contributed by atoms with Crippen molar-refractivity contribution in [2.75, 3.05) is 6.54 Å². The van der Waals surface area contributed by atoms with Crippen molar-refractivity contribution < 1.29 is 4.79 Å². The summed E-state index contributed by atoms with van der Waals surface area (Å²) < 4.78 is 0. The fraction of sp³-hybridized carbons (Fsp3) is 0.714. The van der Waals surface area contributed by atoms with Crippen LogP contribution in [0, 0.1) is 0 Å². The Balaban J connectivity index is 1.78. The molecule has 0 unspecified atom stereocenters. The summed E-state index contributed by atoms with van der Waals surface area (Å²) in [5.74, 6) is 0.231. The highest BCUT2D eigenvalue weighted by Crippen LogP contribution is 2.37. The van der Waals surface area contributed by atoms with Crippen LogP contribution < -0.4 is 5.32 Å². The van der Waals surface area contributed by atoms with Gasteiger partial charge in [0.05, 0.1) is 12.1 Å². The maximum Gasteiger partial charge on any atom is 0.220 e. The summed E-state index contributed by atoms with van der Waals surface area (Å²) in [7, 11) is 0. The fourth-order valence-electron chi connectivity index (χ4n) is 3.79. The zero-order chi connectivity index (χ0) is 13.3. The highest BCUT2D eigenvalue weighted by Gasteiger charge is 2.47. The standard InChI is InChI=1S/C14H21N3OS/c1-2-11-14(6-4-12(18)16-14)5-3-8-17(11)10-13-15-7-9-19-13/h7,9,11H,2-6,8,10H2,1H3,(H,16,18)/t11-,14-/m0/s1. The number of thiazole rings is 1. The third-order valence-corrected chi connectivity index (χ3v) is 5.31. The zero-order valence-electron chi connectivity index (χ0n) is 11.4. The van der Waals surface area contributed by atoms with E-state index in [4.69, 9.17) is 0 Å².